The van der Waals surface area contributed by atoms with Gasteiger partial charge in [0.25, 0.3) is 5.91 Å². The highest BCUT2D eigenvalue weighted by Crippen LogP contribution is 2.28. The molecule has 0 saturated heterocycles. The second kappa shape index (κ2) is 8.26. The molecule has 7 nitrogen and oxygen atoms in total. The number of carbonyl (C=O) groups is 1. The second-order valence-electron chi connectivity index (χ2n) is 6.94. The topological polar surface area (TPSA) is 90.2 Å². The van der Waals surface area contributed by atoms with Crippen LogP contribution in [0.1, 0.15) is 22.8 Å². The Morgan fingerprint density at radius 2 is 1.63 bits per heavy atom. The predicted octanol–water partition coefficient (Wildman–Crippen LogP) is 2.84. The van der Waals surface area contributed by atoms with Crippen molar-refractivity contribution in [2.45, 2.75) is 12.5 Å². The third-order valence-corrected chi connectivity index (χ3v) is 4.95. The van der Waals surface area contributed by atoms with Gasteiger partial charge in [0, 0.05) is 23.5 Å². The fourth-order valence-corrected chi connectivity index (χ4v) is 3.29. The SMILES string of the molecule is CC1=NN(c2ccccc2)CC1(O)C(=NNC(=O)c1ccncc1)c1ccccc1. The first-order valence-corrected chi connectivity index (χ1v) is 9.52. The molecule has 30 heavy (non-hydrogen) atoms. The molecule has 1 aromatic heterocycles. The number of amides is 1. The van der Waals surface area contributed by atoms with Gasteiger partial charge >= 0.3 is 0 Å². The number of carbonyl (C=O) groups excluding carboxylic acids is 1. The van der Waals surface area contributed by atoms with Gasteiger partial charge in [-0.2, -0.15) is 10.2 Å². The summed E-state index contributed by atoms with van der Waals surface area (Å²) in [6.45, 7) is 1.94. The summed E-state index contributed by atoms with van der Waals surface area (Å²) in [7, 11) is 0. The van der Waals surface area contributed by atoms with E-state index in [0.717, 1.165) is 5.69 Å². The van der Waals surface area contributed by atoms with Crippen LogP contribution in [0.5, 0.6) is 0 Å². The number of rotatable bonds is 5. The van der Waals surface area contributed by atoms with Gasteiger partial charge in [-0.25, -0.2) is 5.43 Å². The fourth-order valence-electron chi connectivity index (χ4n) is 3.29. The molecule has 1 aliphatic rings. The quantitative estimate of drug-likeness (QED) is 0.510. The van der Waals surface area contributed by atoms with E-state index in [-0.39, 0.29) is 12.5 Å². The lowest BCUT2D eigenvalue weighted by Gasteiger charge is -2.26. The molecule has 2 aromatic carbocycles. The van der Waals surface area contributed by atoms with Crippen LogP contribution in [-0.2, 0) is 0 Å². The fraction of sp³-hybridized carbons (Fsp3) is 0.130. The lowest BCUT2D eigenvalue weighted by Crippen LogP contribution is -2.49. The summed E-state index contributed by atoms with van der Waals surface area (Å²) in [6, 6.07) is 22.1. The molecule has 0 fully saturated rings. The highest BCUT2D eigenvalue weighted by Gasteiger charge is 2.44. The van der Waals surface area contributed by atoms with Crippen LogP contribution in [-0.4, -0.2) is 39.6 Å². The molecule has 0 saturated carbocycles. The Bertz CT molecular complexity index is 1080. The summed E-state index contributed by atoms with van der Waals surface area (Å²) >= 11 is 0. The highest BCUT2D eigenvalue weighted by molar-refractivity contribution is 6.22. The molecule has 1 aliphatic heterocycles. The molecule has 1 amide bonds. The summed E-state index contributed by atoms with van der Waals surface area (Å²) in [5.74, 6) is -0.387. The Morgan fingerprint density at radius 1 is 1.00 bits per heavy atom. The number of aromatic nitrogens is 1. The monoisotopic (exact) mass is 399 g/mol. The van der Waals surface area contributed by atoms with Crippen molar-refractivity contribution in [2.24, 2.45) is 10.2 Å². The summed E-state index contributed by atoms with van der Waals surface area (Å²) < 4.78 is 0. The van der Waals surface area contributed by atoms with E-state index in [1.807, 2.05) is 60.7 Å². The van der Waals surface area contributed by atoms with Crippen molar-refractivity contribution in [2.75, 3.05) is 11.6 Å². The molecule has 0 bridgehead atoms. The zero-order valence-corrected chi connectivity index (χ0v) is 16.4. The van der Waals surface area contributed by atoms with Gasteiger partial charge in [0.15, 0.2) is 5.60 Å². The number of benzene rings is 2. The van der Waals surface area contributed by atoms with Crippen molar-refractivity contribution in [1.82, 2.24) is 10.4 Å². The van der Waals surface area contributed by atoms with E-state index in [1.165, 1.54) is 12.4 Å². The van der Waals surface area contributed by atoms with Gasteiger partial charge in [0.1, 0.15) is 5.71 Å². The maximum atomic E-state index is 12.5. The van der Waals surface area contributed by atoms with Crippen LogP contribution < -0.4 is 10.4 Å². The highest BCUT2D eigenvalue weighted by atomic mass is 16.3. The largest absolute Gasteiger partial charge is 0.375 e. The first-order chi connectivity index (χ1) is 14.6. The molecule has 2 heterocycles. The Morgan fingerprint density at radius 3 is 2.30 bits per heavy atom. The third kappa shape index (κ3) is 3.83. The average molecular weight is 399 g/mol. The van der Waals surface area contributed by atoms with Gasteiger partial charge in [-0.1, -0.05) is 48.5 Å². The number of hydrazone groups is 2. The Hall–Kier alpha value is -3.84. The smallest absolute Gasteiger partial charge is 0.271 e. The van der Waals surface area contributed by atoms with Crippen molar-refractivity contribution in [1.29, 1.82) is 0 Å². The summed E-state index contributed by atoms with van der Waals surface area (Å²) in [6.07, 6.45) is 3.07. The second-order valence-corrected chi connectivity index (χ2v) is 6.94. The summed E-state index contributed by atoms with van der Waals surface area (Å²) in [5.41, 5.74) is 3.89. The normalized spacial score (nSPS) is 18.8. The number of anilines is 1. The molecule has 1 unspecified atom stereocenters. The van der Waals surface area contributed by atoms with E-state index in [4.69, 9.17) is 0 Å². The molecular weight excluding hydrogens is 378 g/mol. The number of hydrogen-bond acceptors (Lipinski definition) is 6. The van der Waals surface area contributed by atoms with Crippen molar-refractivity contribution < 1.29 is 9.90 Å². The van der Waals surface area contributed by atoms with Gasteiger partial charge < -0.3 is 5.11 Å². The number of hydrogen-bond donors (Lipinski definition) is 2. The molecule has 2 N–H and O–H groups in total. The molecule has 0 spiro atoms. The van der Waals surface area contributed by atoms with Gasteiger partial charge in [-0.15, -0.1) is 0 Å². The predicted molar refractivity (Wildman–Crippen MR) is 117 cm³/mol. The molecule has 3 aromatic rings. The Kier molecular flexibility index (Phi) is 5.36. The standard InChI is InChI=1S/C23H21N5O2/c1-17-23(30,16-28(27-17)20-10-6-3-7-11-20)21(18-8-4-2-5-9-18)25-26-22(29)19-12-14-24-15-13-19/h2-15,30H,16H2,1H3,(H,26,29). The van der Waals surface area contributed by atoms with Crippen LogP contribution >= 0.6 is 0 Å². The zero-order valence-electron chi connectivity index (χ0n) is 16.4. The first kappa shape index (κ1) is 19.5. The molecule has 0 aliphatic carbocycles. The zero-order chi connectivity index (χ0) is 21.0. The molecule has 4 rings (SSSR count). The number of pyridine rings is 1. The van der Waals surface area contributed by atoms with Crippen LogP contribution in [0.4, 0.5) is 5.69 Å². The maximum Gasteiger partial charge on any atom is 0.271 e. The maximum absolute atomic E-state index is 12.5. The Labute approximate surface area is 174 Å². The van der Waals surface area contributed by atoms with Crippen molar-refractivity contribution in [3.8, 4) is 0 Å². The van der Waals surface area contributed by atoms with E-state index in [2.05, 4.69) is 20.6 Å². The van der Waals surface area contributed by atoms with Gasteiger partial charge in [-0.3, -0.25) is 14.8 Å². The summed E-state index contributed by atoms with van der Waals surface area (Å²) in [5, 5.41) is 22.2. The molecule has 0 radical (unpaired) electrons. The van der Waals surface area contributed by atoms with Gasteiger partial charge in [0.05, 0.1) is 17.9 Å². The minimum Gasteiger partial charge on any atom is -0.375 e. The molecule has 1 atom stereocenters. The minimum atomic E-state index is -1.47. The van der Waals surface area contributed by atoms with Crippen molar-refractivity contribution >= 4 is 23.0 Å². The minimum absolute atomic E-state index is 0.182. The van der Waals surface area contributed by atoms with Crippen LogP contribution in [0.2, 0.25) is 0 Å². The number of aliphatic hydroxyl groups is 1. The van der Waals surface area contributed by atoms with Gasteiger partial charge in [0.2, 0.25) is 0 Å². The van der Waals surface area contributed by atoms with E-state index in [9.17, 15) is 9.90 Å². The van der Waals surface area contributed by atoms with Crippen LogP contribution in [0, 0.1) is 0 Å². The first-order valence-electron chi connectivity index (χ1n) is 9.52. The van der Waals surface area contributed by atoms with Crippen molar-refractivity contribution in [3.05, 3.63) is 96.3 Å². The summed E-state index contributed by atoms with van der Waals surface area (Å²) in [4.78, 5) is 16.4. The molecular formula is C23H21N5O2. The lowest BCUT2D eigenvalue weighted by atomic mass is 9.88. The van der Waals surface area contributed by atoms with E-state index >= 15 is 0 Å². The van der Waals surface area contributed by atoms with E-state index < -0.39 is 5.60 Å². The van der Waals surface area contributed by atoms with Crippen molar-refractivity contribution in [3.63, 3.8) is 0 Å². The number of nitrogens with one attached hydrogen (secondary N) is 1. The van der Waals surface area contributed by atoms with Crippen LogP contribution in [0.3, 0.4) is 0 Å². The number of para-hydroxylation sites is 1. The van der Waals surface area contributed by atoms with E-state index in [1.54, 1.807) is 24.1 Å². The van der Waals surface area contributed by atoms with Gasteiger partial charge in [-0.05, 0) is 31.2 Å². The number of nitrogens with zero attached hydrogens (tertiary/aromatic N) is 4. The lowest BCUT2D eigenvalue weighted by molar-refractivity contribution is 0.0954. The molecule has 7 heteroatoms. The average Bonchev–Trinajstić information content (AvgIpc) is 3.11. The molecule has 150 valence electrons. The van der Waals surface area contributed by atoms with Crippen LogP contribution in [0.25, 0.3) is 0 Å². The van der Waals surface area contributed by atoms with E-state index in [0.29, 0.717) is 22.6 Å². The Balaban J connectivity index is 1.68. The van der Waals surface area contributed by atoms with Crippen LogP contribution in [0.15, 0.2) is 95.4 Å². The third-order valence-electron chi connectivity index (χ3n) is 4.95. The number of β-amino-alcohol motifs (C(OH)–C–C–N with tert-alkyl or cyclic N) is 1.